The molecule has 5 nitrogen and oxygen atoms in total. The summed E-state index contributed by atoms with van der Waals surface area (Å²) in [5, 5.41) is 8.21. The van der Waals surface area contributed by atoms with Crippen LogP contribution in [0.4, 0.5) is 0 Å². The number of nitrogens with zero attached hydrogens (tertiary/aromatic N) is 3. The quantitative estimate of drug-likeness (QED) is 0.750. The van der Waals surface area contributed by atoms with Crippen molar-refractivity contribution in [2.75, 3.05) is 6.61 Å². The lowest BCUT2D eigenvalue weighted by molar-refractivity contribution is -0.147. The Hall–Kier alpha value is -1.91. The van der Waals surface area contributed by atoms with E-state index >= 15 is 0 Å². The molecule has 0 aliphatic rings. The molecule has 1 heterocycles. The SMILES string of the molecule is CCCC[C@H](C(=O)OCC)n1nnc2ccccc21. The first-order chi connectivity index (χ1) is 9.27. The normalized spacial score (nSPS) is 12.5. The maximum atomic E-state index is 12.1. The zero-order valence-corrected chi connectivity index (χ0v) is 11.4. The molecule has 1 atom stereocenters. The van der Waals surface area contributed by atoms with Crippen molar-refractivity contribution < 1.29 is 9.53 Å². The van der Waals surface area contributed by atoms with Gasteiger partial charge in [0.15, 0.2) is 6.04 Å². The highest BCUT2D eigenvalue weighted by molar-refractivity contribution is 5.79. The van der Waals surface area contributed by atoms with Gasteiger partial charge in [-0.3, -0.25) is 0 Å². The number of aromatic nitrogens is 3. The number of ether oxygens (including phenoxy) is 1. The lowest BCUT2D eigenvalue weighted by Gasteiger charge is -2.15. The average molecular weight is 261 g/mol. The molecule has 0 bridgehead atoms. The second-order valence-corrected chi connectivity index (χ2v) is 4.43. The topological polar surface area (TPSA) is 57.0 Å². The zero-order valence-electron chi connectivity index (χ0n) is 11.4. The molecule has 2 aromatic rings. The van der Waals surface area contributed by atoms with Crippen LogP contribution in [-0.4, -0.2) is 27.6 Å². The summed E-state index contributed by atoms with van der Waals surface area (Å²) in [6.07, 6.45) is 2.71. The van der Waals surface area contributed by atoms with Crippen molar-refractivity contribution in [1.29, 1.82) is 0 Å². The van der Waals surface area contributed by atoms with Crippen molar-refractivity contribution in [3.05, 3.63) is 24.3 Å². The van der Waals surface area contributed by atoms with Crippen LogP contribution in [0.15, 0.2) is 24.3 Å². The number of esters is 1. The number of hydrogen-bond acceptors (Lipinski definition) is 4. The largest absolute Gasteiger partial charge is 0.464 e. The molecule has 0 aliphatic heterocycles. The predicted molar refractivity (Wildman–Crippen MR) is 72.7 cm³/mol. The molecular formula is C14H19N3O2. The van der Waals surface area contributed by atoms with E-state index < -0.39 is 0 Å². The molecule has 0 N–H and O–H groups in total. The lowest BCUT2D eigenvalue weighted by Crippen LogP contribution is -2.23. The summed E-state index contributed by atoms with van der Waals surface area (Å²) in [5.41, 5.74) is 1.67. The summed E-state index contributed by atoms with van der Waals surface area (Å²) in [4.78, 5) is 12.1. The monoisotopic (exact) mass is 261 g/mol. The second kappa shape index (κ2) is 6.31. The number of carbonyl (C=O) groups excluding carboxylic acids is 1. The Bertz CT molecular complexity index is 550. The molecule has 2 rings (SSSR count). The molecule has 0 aliphatic carbocycles. The van der Waals surface area contributed by atoms with Gasteiger partial charge in [-0.15, -0.1) is 5.10 Å². The minimum absolute atomic E-state index is 0.230. The third-order valence-electron chi connectivity index (χ3n) is 3.06. The van der Waals surface area contributed by atoms with E-state index in [0.717, 1.165) is 30.3 Å². The summed E-state index contributed by atoms with van der Waals surface area (Å²) in [5.74, 6) is -0.230. The molecule has 1 aromatic heterocycles. The number of fused-ring (bicyclic) bond motifs is 1. The Labute approximate surface area is 112 Å². The van der Waals surface area contributed by atoms with Crippen molar-refractivity contribution in [3.63, 3.8) is 0 Å². The van der Waals surface area contributed by atoms with Gasteiger partial charge in [-0.1, -0.05) is 37.1 Å². The number of unbranched alkanes of at least 4 members (excludes halogenated alkanes) is 1. The Kier molecular flexibility index (Phi) is 4.49. The van der Waals surface area contributed by atoms with Crippen LogP contribution in [0.2, 0.25) is 0 Å². The van der Waals surface area contributed by atoms with E-state index in [1.165, 1.54) is 0 Å². The lowest BCUT2D eigenvalue weighted by atomic mass is 10.1. The van der Waals surface area contributed by atoms with Crippen molar-refractivity contribution >= 4 is 17.0 Å². The Balaban J connectivity index is 2.33. The molecule has 0 saturated heterocycles. The Morgan fingerprint density at radius 2 is 2.16 bits per heavy atom. The van der Waals surface area contributed by atoms with E-state index in [-0.39, 0.29) is 12.0 Å². The minimum atomic E-state index is -0.382. The van der Waals surface area contributed by atoms with Gasteiger partial charge in [-0.2, -0.15) is 0 Å². The molecule has 19 heavy (non-hydrogen) atoms. The van der Waals surface area contributed by atoms with Crippen LogP contribution in [0, 0.1) is 0 Å². The van der Waals surface area contributed by atoms with Gasteiger partial charge in [0, 0.05) is 0 Å². The standard InChI is InChI=1S/C14H19N3O2/c1-3-5-9-13(14(18)19-4-2)17-12-10-7-6-8-11(12)15-16-17/h6-8,10,13H,3-5,9H2,1-2H3/t13-/m1/s1. The van der Waals surface area contributed by atoms with Gasteiger partial charge >= 0.3 is 5.97 Å². The van der Waals surface area contributed by atoms with Crippen LogP contribution < -0.4 is 0 Å². The number of carbonyl (C=O) groups is 1. The van der Waals surface area contributed by atoms with E-state index in [1.54, 1.807) is 4.68 Å². The minimum Gasteiger partial charge on any atom is -0.464 e. The molecule has 1 aromatic carbocycles. The molecule has 0 saturated carbocycles. The number of hydrogen-bond donors (Lipinski definition) is 0. The van der Waals surface area contributed by atoms with Gasteiger partial charge in [-0.25, -0.2) is 9.48 Å². The van der Waals surface area contributed by atoms with Gasteiger partial charge < -0.3 is 4.74 Å². The summed E-state index contributed by atoms with van der Waals surface area (Å²) in [6.45, 7) is 4.30. The number of para-hydroxylation sites is 1. The number of benzene rings is 1. The summed E-state index contributed by atoms with van der Waals surface area (Å²) < 4.78 is 6.83. The molecule has 5 heteroatoms. The summed E-state index contributed by atoms with van der Waals surface area (Å²) >= 11 is 0. The summed E-state index contributed by atoms with van der Waals surface area (Å²) in [7, 11) is 0. The van der Waals surface area contributed by atoms with Gasteiger partial charge in [0.25, 0.3) is 0 Å². The van der Waals surface area contributed by atoms with Gasteiger partial charge in [0.05, 0.1) is 12.1 Å². The predicted octanol–water partition coefficient (Wildman–Crippen LogP) is 2.73. The second-order valence-electron chi connectivity index (χ2n) is 4.43. The van der Waals surface area contributed by atoms with E-state index in [0.29, 0.717) is 6.61 Å². The Morgan fingerprint density at radius 3 is 2.89 bits per heavy atom. The first-order valence-electron chi connectivity index (χ1n) is 6.74. The smallest absolute Gasteiger partial charge is 0.331 e. The van der Waals surface area contributed by atoms with Crippen LogP contribution in [0.25, 0.3) is 11.0 Å². The van der Waals surface area contributed by atoms with E-state index in [9.17, 15) is 4.79 Å². The van der Waals surface area contributed by atoms with E-state index in [2.05, 4.69) is 17.2 Å². The molecule has 0 fully saturated rings. The fraction of sp³-hybridized carbons (Fsp3) is 0.500. The first kappa shape index (κ1) is 13.5. The average Bonchev–Trinajstić information content (AvgIpc) is 2.84. The maximum Gasteiger partial charge on any atom is 0.331 e. The van der Waals surface area contributed by atoms with Crippen LogP contribution in [0.5, 0.6) is 0 Å². The molecule has 0 radical (unpaired) electrons. The van der Waals surface area contributed by atoms with Crippen LogP contribution >= 0.6 is 0 Å². The zero-order chi connectivity index (χ0) is 13.7. The van der Waals surface area contributed by atoms with Crippen LogP contribution in [0.1, 0.15) is 39.2 Å². The molecule has 0 spiro atoms. The van der Waals surface area contributed by atoms with Crippen molar-refractivity contribution in [2.45, 2.75) is 39.2 Å². The molecule has 102 valence electrons. The fourth-order valence-electron chi connectivity index (χ4n) is 2.09. The Morgan fingerprint density at radius 1 is 1.37 bits per heavy atom. The van der Waals surface area contributed by atoms with Crippen molar-refractivity contribution in [3.8, 4) is 0 Å². The van der Waals surface area contributed by atoms with Gasteiger partial charge in [-0.05, 0) is 25.5 Å². The highest BCUT2D eigenvalue weighted by atomic mass is 16.5. The van der Waals surface area contributed by atoms with Crippen LogP contribution in [0.3, 0.4) is 0 Å². The fourth-order valence-corrected chi connectivity index (χ4v) is 2.09. The first-order valence-corrected chi connectivity index (χ1v) is 6.74. The summed E-state index contributed by atoms with van der Waals surface area (Å²) in [6, 6.07) is 7.26. The third kappa shape index (κ3) is 2.92. The molecule has 0 unspecified atom stereocenters. The van der Waals surface area contributed by atoms with E-state index in [1.807, 2.05) is 31.2 Å². The van der Waals surface area contributed by atoms with Gasteiger partial charge in [0.2, 0.25) is 0 Å². The third-order valence-corrected chi connectivity index (χ3v) is 3.06. The molecular weight excluding hydrogens is 242 g/mol. The highest BCUT2D eigenvalue weighted by Gasteiger charge is 2.24. The maximum absolute atomic E-state index is 12.1. The number of rotatable bonds is 6. The van der Waals surface area contributed by atoms with Crippen molar-refractivity contribution in [1.82, 2.24) is 15.0 Å². The van der Waals surface area contributed by atoms with Gasteiger partial charge in [0.1, 0.15) is 5.52 Å². The molecule has 0 amide bonds. The van der Waals surface area contributed by atoms with E-state index in [4.69, 9.17) is 4.74 Å². The van der Waals surface area contributed by atoms with Crippen molar-refractivity contribution in [2.24, 2.45) is 0 Å². The highest BCUT2D eigenvalue weighted by Crippen LogP contribution is 2.21. The van der Waals surface area contributed by atoms with Crippen LogP contribution in [-0.2, 0) is 9.53 Å².